The molecule has 0 aliphatic carbocycles. The maximum absolute atomic E-state index is 11.3. The van der Waals surface area contributed by atoms with Gasteiger partial charge in [-0.3, -0.25) is 9.79 Å². The van der Waals surface area contributed by atoms with Crippen molar-refractivity contribution in [2.24, 2.45) is 10.9 Å². The monoisotopic (exact) mass is 312 g/mol. The zero-order valence-electron chi connectivity index (χ0n) is 13.3. The SMILES string of the molecule is CN=C(NCc1nc(C(C)C)cs1)NCC(C)C(=O)OC. The third-order valence-electron chi connectivity index (χ3n) is 2.97. The van der Waals surface area contributed by atoms with Crippen LogP contribution in [0.5, 0.6) is 0 Å². The molecule has 0 bridgehead atoms. The zero-order valence-corrected chi connectivity index (χ0v) is 14.1. The summed E-state index contributed by atoms with van der Waals surface area (Å²) in [5, 5.41) is 9.38. The van der Waals surface area contributed by atoms with Gasteiger partial charge in [0.15, 0.2) is 5.96 Å². The largest absolute Gasteiger partial charge is 0.469 e. The number of carbonyl (C=O) groups excluding carboxylic acids is 1. The highest BCUT2D eigenvalue weighted by Gasteiger charge is 2.13. The minimum absolute atomic E-state index is 0.221. The second-order valence-electron chi connectivity index (χ2n) is 5.05. The summed E-state index contributed by atoms with van der Waals surface area (Å²) in [5.74, 6) is 0.626. The van der Waals surface area contributed by atoms with E-state index in [1.54, 1.807) is 18.4 Å². The Hall–Kier alpha value is -1.63. The van der Waals surface area contributed by atoms with E-state index in [0.29, 0.717) is 25.0 Å². The number of esters is 1. The number of carbonyl (C=O) groups is 1. The molecule has 0 amide bonds. The number of thiazole rings is 1. The van der Waals surface area contributed by atoms with Crippen molar-refractivity contribution in [3.05, 3.63) is 16.1 Å². The maximum Gasteiger partial charge on any atom is 0.310 e. The van der Waals surface area contributed by atoms with Crippen molar-refractivity contribution in [1.82, 2.24) is 15.6 Å². The summed E-state index contributed by atoms with van der Waals surface area (Å²) in [4.78, 5) is 20.0. The molecule has 0 fully saturated rings. The van der Waals surface area contributed by atoms with Gasteiger partial charge in [0.05, 0.1) is 25.3 Å². The van der Waals surface area contributed by atoms with Gasteiger partial charge in [0.2, 0.25) is 0 Å². The molecule has 1 heterocycles. The molecule has 0 saturated heterocycles. The Balaban J connectivity index is 2.42. The van der Waals surface area contributed by atoms with E-state index in [1.807, 2.05) is 6.92 Å². The van der Waals surface area contributed by atoms with Crippen molar-refractivity contribution in [1.29, 1.82) is 0 Å². The lowest BCUT2D eigenvalue weighted by atomic mass is 10.2. The van der Waals surface area contributed by atoms with Crippen molar-refractivity contribution in [3.8, 4) is 0 Å². The number of hydrogen-bond acceptors (Lipinski definition) is 5. The number of rotatable bonds is 6. The highest BCUT2D eigenvalue weighted by molar-refractivity contribution is 7.09. The molecule has 0 aromatic carbocycles. The van der Waals surface area contributed by atoms with Crippen LogP contribution in [0.1, 0.15) is 37.4 Å². The first kappa shape index (κ1) is 17.4. The lowest BCUT2D eigenvalue weighted by Crippen LogP contribution is -2.40. The second-order valence-corrected chi connectivity index (χ2v) is 5.99. The van der Waals surface area contributed by atoms with Gasteiger partial charge in [-0.2, -0.15) is 0 Å². The van der Waals surface area contributed by atoms with Crippen LogP contribution in [0.4, 0.5) is 0 Å². The molecule has 118 valence electrons. The molecule has 1 rings (SSSR count). The van der Waals surface area contributed by atoms with E-state index < -0.39 is 0 Å². The van der Waals surface area contributed by atoms with Gasteiger partial charge in [0.25, 0.3) is 0 Å². The van der Waals surface area contributed by atoms with Crippen molar-refractivity contribution < 1.29 is 9.53 Å². The van der Waals surface area contributed by atoms with Crippen molar-refractivity contribution in [2.75, 3.05) is 20.7 Å². The summed E-state index contributed by atoms with van der Waals surface area (Å²) in [6.07, 6.45) is 0. The van der Waals surface area contributed by atoms with Crippen LogP contribution in [-0.4, -0.2) is 37.6 Å². The molecule has 21 heavy (non-hydrogen) atoms. The van der Waals surface area contributed by atoms with Crippen LogP contribution < -0.4 is 10.6 Å². The molecule has 0 spiro atoms. The fourth-order valence-electron chi connectivity index (χ4n) is 1.59. The normalized spacial score (nSPS) is 13.1. The number of aromatic nitrogens is 1. The summed E-state index contributed by atoms with van der Waals surface area (Å²) >= 11 is 1.63. The molecule has 1 atom stereocenters. The second kappa shape index (κ2) is 8.61. The van der Waals surface area contributed by atoms with E-state index in [1.165, 1.54) is 7.11 Å². The Morgan fingerprint density at radius 2 is 2.14 bits per heavy atom. The van der Waals surface area contributed by atoms with E-state index in [2.05, 4.69) is 44.6 Å². The van der Waals surface area contributed by atoms with E-state index >= 15 is 0 Å². The summed E-state index contributed by atoms with van der Waals surface area (Å²) in [6, 6.07) is 0. The highest BCUT2D eigenvalue weighted by atomic mass is 32.1. The van der Waals surface area contributed by atoms with Gasteiger partial charge in [-0.05, 0) is 5.92 Å². The number of aliphatic imine (C=N–C) groups is 1. The lowest BCUT2D eigenvalue weighted by molar-refractivity contribution is -0.144. The van der Waals surface area contributed by atoms with E-state index in [4.69, 9.17) is 0 Å². The number of nitrogens with one attached hydrogen (secondary N) is 2. The summed E-state index contributed by atoms with van der Waals surface area (Å²) < 4.78 is 4.68. The summed E-state index contributed by atoms with van der Waals surface area (Å²) in [7, 11) is 3.08. The molecule has 0 saturated carbocycles. The smallest absolute Gasteiger partial charge is 0.310 e. The first-order chi connectivity index (χ1) is 9.97. The quantitative estimate of drug-likeness (QED) is 0.475. The molecular formula is C14H24N4O2S. The molecule has 0 radical (unpaired) electrons. The fourth-order valence-corrected chi connectivity index (χ4v) is 2.48. The lowest BCUT2D eigenvalue weighted by Gasteiger charge is -2.14. The van der Waals surface area contributed by atoms with Crippen LogP contribution in [0.15, 0.2) is 10.4 Å². The molecule has 1 aromatic heterocycles. The van der Waals surface area contributed by atoms with Gasteiger partial charge in [0, 0.05) is 19.0 Å². The van der Waals surface area contributed by atoms with Crippen LogP contribution in [0.2, 0.25) is 0 Å². The zero-order chi connectivity index (χ0) is 15.8. The number of ether oxygens (including phenoxy) is 1. The molecule has 0 aliphatic rings. The third-order valence-corrected chi connectivity index (χ3v) is 3.84. The first-order valence-electron chi connectivity index (χ1n) is 6.94. The third kappa shape index (κ3) is 5.71. The number of guanidine groups is 1. The maximum atomic E-state index is 11.3. The highest BCUT2D eigenvalue weighted by Crippen LogP contribution is 2.17. The van der Waals surface area contributed by atoms with Gasteiger partial charge in [0.1, 0.15) is 5.01 Å². The van der Waals surface area contributed by atoms with Crippen LogP contribution >= 0.6 is 11.3 Å². The predicted octanol–water partition coefficient (Wildman–Crippen LogP) is 1.74. The first-order valence-corrected chi connectivity index (χ1v) is 7.82. The van der Waals surface area contributed by atoms with Gasteiger partial charge >= 0.3 is 5.97 Å². The van der Waals surface area contributed by atoms with Crippen molar-refractivity contribution in [2.45, 2.75) is 33.2 Å². The fraction of sp³-hybridized carbons (Fsp3) is 0.643. The number of methoxy groups -OCH3 is 1. The molecule has 1 aromatic rings. The topological polar surface area (TPSA) is 75.6 Å². The average Bonchev–Trinajstić information content (AvgIpc) is 2.95. The van der Waals surface area contributed by atoms with Crippen molar-refractivity contribution >= 4 is 23.3 Å². The Morgan fingerprint density at radius 3 is 2.67 bits per heavy atom. The molecular weight excluding hydrogens is 288 g/mol. The van der Waals surface area contributed by atoms with E-state index in [9.17, 15) is 4.79 Å². The average molecular weight is 312 g/mol. The minimum Gasteiger partial charge on any atom is -0.469 e. The molecule has 7 heteroatoms. The van der Waals surface area contributed by atoms with E-state index in [0.717, 1.165) is 10.7 Å². The molecule has 0 aliphatic heterocycles. The Kier molecular flexibility index (Phi) is 7.14. The van der Waals surface area contributed by atoms with Crippen LogP contribution in [0, 0.1) is 5.92 Å². The summed E-state index contributed by atoms with van der Waals surface area (Å²) in [6.45, 7) is 7.15. The van der Waals surface area contributed by atoms with Gasteiger partial charge in [-0.1, -0.05) is 20.8 Å². The van der Waals surface area contributed by atoms with Crippen LogP contribution in [0.3, 0.4) is 0 Å². The van der Waals surface area contributed by atoms with Crippen LogP contribution in [-0.2, 0) is 16.1 Å². The number of hydrogen-bond donors (Lipinski definition) is 2. The molecule has 2 N–H and O–H groups in total. The van der Waals surface area contributed by atoms with Gasteiger partial charge in [-0.15, -0.1) is 11.3 Å². The Bertz CT molecular complexity index is 485. The van der Waals surface area contributed by atoms with Crippen LogP contribution in [0.25, 0.3) is 0 Å². The van der Waals surface area contributed by atoms with E-state index in [-0.39, 0.29) is 11.9 Å². The summed E-state index contributed by atoms with van der Waals surface area (Å²) in [5.41, 5.74) is 1.11. The number of nitrogens with zero attached hydrogens (tertiary/aromatic N) is 2. The Labute approximate surface area is 130 Å². The predicted molar refractivity (Wildman–Crippen MR) is 85.6 cm³/mol. The minimum atomic E-state index is -0.237. The molecule has 1 unspecified atom stereocenters. The standard InChI is InChI=1S/C14H24N4O2S/c1-9(2)11-8-21-12(18-11)7-17-14(15-4)16-6-10(3)13(19)20-5/h8-10H,6-7H2,1-5H3,(H2,15,16,17). The van der Waals surface area contributed by atoms with Gasteiger partial charge in [-0.25, -0.2) is 4.98 Å². The van der Waals surface area contributed by atoms with Crippen molar-refractivity contribution in [3.63, 3.8) is 0 Å². The van der Waals surface area contributed by atoms with Gasteiger partial charge < -0.3 is 15.4 Å². The molecule has 6 nitrogen and oxygen atoms in total. The Morgan fingerprint density at radius 1 is 1.43 bits per heavy atom.